The molecule has 1 N–H and O–H groups in total. The summed E-state index contributed by atoms with van der Waals surface area (Å²) < 4.78 is 0. The number of benzene rings is 2. The van der Waals surface area contributed by atoms with Crippen LogP contribution >= 0.6 is 0 Å². The van der Waals surface area contributed by atoms with Crippen molar-refractivity contribution in [1.82, 2.24) is 5.32 Å². The lowest BCUT2D eigenvalue weighted by atomic mass is 10.1. The van der Waals surface area contributed by atoms with Gasteiger partial charge in [-0.05, 0) is 50.5 Å². The molecule has 26 heavy (non-hydrogen) atoms. The van der Waals surface area contributed by atoms with Crippen molar-refractivity contribution in [2.75, 3.05) is 11.4 Å². The van der Waals surface area contributed by atoms with Crippen molar-refractivity contribution in [3.63, 3.8) is 0 Å². The number of amides is 2. The smallest absolute Gasteiger partial charge is 0.230 e. The minimum Gasteiger partial charge on any atom is -0.349 e. The normalized spacial score (nSPS) is 19.5. The van der Waals surface area contributed by atoms with Crippen LogP contribution in [-0.4, -0.2) is 18.4 Å². The summed E-state index contributed by atoms with van der Waals surface area (Å²) in [6, 6.07) is 17.7. The van der Waals surface area contributed by atoms with Crippen LogP contribution in [0.2, 0.25) is 0 Å². The zero-order valence-corrected chi connectivity index (χ0v) is 15.6. The van der Waals surface area contributed by atoms with Gasteiger partial charge in [0.15, 0.2) is 0 Å². The zero-order valence-electron chi connectivity index (χ0n) is 15.6. The fraction of sp³-hybridized carbons (Fsp3) is 0.364. The average molecular weight is 350 g/mol. The molecule has 1 aliphatic rings. The van der Waals surface area contributed by atoms with E-state index in [1.165, 1.54) is 0 Å². The molecule has 0 aliphatic heterocycles. The average Bonchev–Trinajstić information content (AvgIpc) is 3.44. The van der Waals surface area contributed by atoms with E-state index in [-0.39, 0.29) is 29.7 Å². The Balaban J connectivity index is 1.61. The van der Waals surface area contributed by atoms with Gasteiger partial charge in [-0.2, -0.15) is 0 Å². The van der Waals surface area contributed by atoms with E-state index in [4.69, 9.17) is 0 Å². The second-order valence-electron chi connectivity index (χ2n) is 7.01. The number of nitrogens with one attached hydrogen (secondary N) is 1. The topological polar surface area (TPSA) is 49.4 Å². The SMILES string of the molecule is CCN(C(=O)C1CC1C(=O)NC(C)c1ccccc1)c1cccc(C)c1. The molecule has 2 aromatic rings. The summed E-state index contributed by atoms with van der Waals surface area (Å²) in [5.74, 6) is -0.406. The molecule has 3 rings (SSSR count). The quantitative estimate of drug-likeness (QED) is 0.860. The Hall–Kier alpha value is -2.62. The van der Waals surface area contributed by atoms with Crippen molar-refractivity contribution >= 4 is 17.5 Å². The predicted octanol–water partition coefficient (Wildman–Crippen LogP) is 3.86. The molecule has 0 heterocycles. The van der Waals surface area contributed by atoms with Crippen LogP contribution in [0.4, 0.5) is 5.69 Å². The Bertz CT molecular complexity index is 788. The van der Waals surface area contributed by atoms with Crippen LogP contribution in [0.3, 0.4) is 0 Å². The number of carbonyl (C=O) groups excluding carboxylic acids is 2. The van der Waals surface area contributed by atoms with Crippen LogP contribution in [0.15, 0.2) is 54.6 Å². The molecule has 136 valence electrons. The molecule has 3 atom stereocenters. The van der Waals surface area contributed by atoms with Gasteiger partial charge in [-0.15, -0.1) is 0 Å². The van der Waals surface area contributed by atoms with E-state index in [9.17, 15) is 9.59 Å². The van der Waals surface area contributed by atoms with Gasteiger partial charge in [0, 0.05) is 12.2 Å². The fourth-order valence-corrected chi connectivity index (χ4v) is 3.36. The number of carbonyl (C=O) groups is 2. The first-order valence-corrected chi connectivity index (χ1v) is 9.24. The summed E-state index contributed by atoms with van der Waals surface area (Å²) in [7, 11) is 0. The largest absolute Gasteiger partial charge is 0.349 e. The Morgan fingerprint density at radius 3 is 2.50 bits per heavy atom. The van der Waals surface area contributed by atoms with Crippen LogP contribution in [0.1, 0.15) is 37.4 Å². The van der Waals surface area contributed by atoms with Crippen LogP contribution in [0, 0.1) is 18.8 Å². The molecule has 1 aliphatic carbocycles. The molecular formula is C22H26N2O2. The highest BCUT2D eigenvalue weighted by atomic mass is 16.2. The molecule has 2 aromatic carbocycles. The molecule has 4 nitrogen and oxygen atoms in total. The molecule has 0 aromatic heterocycles. The summed E-state index contributed by atoms with van der Waals surface area (Å²) >= 11 is 0. The van der Waals surface area contributed by atoms with Crippen molar-refractivity contribution in [3.05, 3.63) is 65.7 Å². The number of nitrogens with zero attached hydrogens (tertiary/aromatic N) is 1. The molecule has 1 fully saturated rings. The second kappa shape index (κ2) is 7.73. The minimum absolute atomic E-state index is 0.0278. The number of anilines is 1. The molecule has 0 spiro atoms. The maximum Gasteiger partial charge on any atom is 0.230 e. The van der Waals surface area contributed by atoms with Crippen LogP contribution in [0.25, 0.3) is 0 Å². The van der Waals surface area contributed by atoms with E-state index in [0.29, 0.717) is 13.0 Å². The van der Waals surface area contributed by atoms with Gasteiger partial charge in [0.2, 0.25) is 11.8 Å². The van der Waals surface area contributed by atoms with Crippen molar-refractivity contribution in [1.29, 1.82) is 0 Å². The molecule has 2 amide bonds. The van der Waals surface area contributed by atoms with Crippen LogP contribution in [-0.2, 0) is 9.59 Å². The lowest BCUT2D eigenvalue weighted by Gasteiger charge is -2.22. The summed E-state index contributed by atoms with van der Waals surface area (Å²) in [6.07, 6.45) is 0.633. The third-order valence-electron chi connectivity index (χ3n) is 5.00. The Morgan fingerprint density at radius 1 is 1.12 bits per heavy atom. The zero-order chi connectivity index (χ0) is 18.7. The maximum absolute atomic E-state index is 12.9. The predicted molar refractivity (Wildman–Crippen MR) is 104 cm³/mol. The lowest BCUT2D eigenvalue weighted by Crippen LogP contribution is -2.35. The highest BCUT2D eigenvalue weighted by Crippen LogP contribution is 2.41. The number of rotatable bonds is 6. The third-order valence-corrected chi connectivity index (χ3v) is 5.00. The van der Waals surface area contributed by atoms with Gasteiger partial charge in [0.25, 0.3) is 0 Å². The maximum atomic E-state index is 12.9. The lowest BCUT2D eigenvalue weighted by molar-refractivity contribution is -0.126. The third kappa shape index (κ3) is 3.96. The monoisotopic (exact) mass is 350 g/mol. The first-order valence-electron chi connectivity index (χ1n) is 9.24. The molecule has 3 unspecified atom stereocenters. The van der Waals surface area contributed by atoms with Gasteiger partial charge in [0.1, 0.15) is 0 Å². The van der Waals surface area contributed by atoms with E-state index in [1.54, 1.807) is 4.90 Å². The summed E-state index contributed by atoms with van der Waals surface area (Å²) in [4.78, 5) is 27.2. The van der Waals surface area contributed by atoms with E-state index in [1.807, 2.05) is 75.4 Å². The summed E-state index contributed by atoms with van der Waals surface area (Å²) in [6.45, 7) is 6.56. The van der Waals surface area contributed by atoms with Gasteiger partial charge >= 0.3 is 0 Å². The van der Waals surface area contributed by atoms with E-state index < -0.39 is 0 Å². The summed E-state index contributed by atoms with van der Waals surface area (Å²) in [5, 5.41) is 3.04. The Kier molecular flexibility index (Phi) is 5.40. The first kappa shape index (κ1) is 18.2. The molecule has 0 saturated heterocycles. The highest BCUT2D eigenvalue weighted by molar-refractivity contribution is 6.01. The molecule has 1 saturated carbocycles. The minimum atomic E-state index is -0.215. The van der Waals surface area contributed by atoms with Crippen LogP contribution in [0.5, 0.6) is 0 Å². The van der Waals surface area contributed by atoms with Gasteiger partial charge in [-0.3, -0.25) is 9.59 Å². The first-order chi connectivity index (χ1) is 12.5. The molecule has 4 heteroatoms. The van der Waals surface area contributed by atoms with E-state index >= 15 is 0 Å². The number of aryl methyl sites for hydroxylation is 1. The Labute approximate surface area is 155 Å². The fourth-order valence-electron chi connectivity index (χ4n) is 3.36. The van der Waals surface area contributed by atoms with Crippen molar-refractivity contribution < 1.29 is 9.59 Å². The van der Waals surface area contributed by atoms with Gasteiger partial charge in [0.05, 0.1) is 17.9 Å². The van der Waals surface area contributed by atoms with Crippen LogP contribution < -0.4 is 10.2 Å². The second-order valence-corrected chi connectivity index (χ2v) is 7.01. The number of hydrogen-bond acceptors (Lipinski definition) is 2. The van der Waals surface area contributed by atoms with Crippen molar-refractivity contribution in [2.45, 2.75) is 33.2 Å². The van der Waals surface area contributed by atoms with Crippen molar-refractivity contribution in [3.8, 4) is 0 Å². The van der Waals surface area contributed by atoms with E-state index in [0.717, 1.165) is 16.8 Å². The molecule has 0 radical (unpaired) electrons. The highest BCUT2D eigenvalue weighted by Gasteiger charge is 2.49. The van der Waals surface area contributed by atoms with Crippen molar-refractivity contribution in [2.24, 2.45) is 11.8 Å². The number of hydrogen-bond donors (Lipinski definition) is 1. The molecule has 0 bridgehead atoms. The van der Waals surface area contributed by atoms with Gasteiger partial charge < -0.3 is 10.2 Å². The van der Waals surface area contributed by atoms with Gasteiger partial charge in [-0.1, -0.05) is 42.5 Å². The van der Waals surface area contributed by atoms with E-state index in [2.05, 4.69) is 5.32 Å². The Morgan fingerprint density at radius 2 is 1.85 bits per heavy atom. The van der Waals surface area contributed by atoms with Gasteiger partial charge in [-0.25, -0.2) is 0 Å². The molecular weight excluding hydrogens is 324 g/mol. The summed E-state index contributed by atoms with van der Waals surface area (Å²) in [5.41, 5.74) is 3.09. The standard InChI is InChI=1S/C22H26N2O2/c1-4-24(18-12-8-9-15(2)13-18)22(26)20-14-19(20)21(25)23-16(3)17-10-6-5-7-11-17/h5-13,16,19-20H,4,14H2,1-3H3,(H,23,25).